The van der Waals surface area contributed by atoms with Gasteiger partial charge in [0.05, 0.1) is 12.8 Å². The van der Waals surface area contributed by atoms with Crippen LogP contribution >= 0.6 is 22.6 Å². The van der Waals surface area contributed by atoms with Gasteiger partial charge in [-0.2, -0.15) is 0 Å². The number of benzene rings is 1. The van der Waals surface area contributed by atoms with Crippen molar-refractivity contribution >= 4 is 40.3 Å². The average molecular weight is 398 g/mol. The molecule has 6 heteroatoms. The molecule has 0 aliphatic heterocycles. The molecule has 2 N–H and O–H groups in total. The minimum atomic E-state index is -0.691. The molecule has 0 aliphatic rings. The van der Waals surface area contributed by atoms with Crippen LogP contribution in [-0.4, -0.2) is 18.1 Å². The van der Waals surface area contributed by atoms with Gasteiger partial charge in [-0.05, 0) is 34.7 Å². The average Bonchev–Trinajstić information content (AvgIpc) is 2.50. The minimum Gasteiger partial charge on any atom is -0.464 e. The lowest BCUT2D eigenvalue weighted by Crippen LogP contribution is -2.12. The number of carbonyl (C=O) groups is 1. The van der Waals surface area contributed by atoms with Crippen molar-refractivity contribution in [3.63, 3.8) is 0 Å². The molecule has 0 unspecified atom stereocenters. The zero-order chi connectivity index (χ0) is 15.6. The van der Waals surface area contributed by atoms with E-state index >= 15 is 0 Å². The van der Waals surface area contributed by atoms with E-state index in [0.717, 1.165) is 3.57 Å². The van der Waals surface area contributed by atoms with Crippen LogP contribution in [-0.2, 0) is 4.74 Å². The number of nitrogens with zero attached hydrogens (tertiary/aromatic N) is 1. The van der Waals surface area contributed by atoms with Gasteiger partial charge in [-0.15, -0.1) is 0 Å². The monoisotopic (exact) mass is 398 g/mol. The molecule has 0 aliphatic carbocycles. The van der Waals surface area contributed by atoms with E-state index in [2.05, 4.69) is 38.9 Å². The van der Waals surface area contributed by atoms with E-state index in [9.17, 15) is 9.18 Å². The highest BCUT2D eigenvalue weighted by molar-refractivity contribution is 14.1. The number of anilines is 1. The summed E-state index contributed by atoms with van der Waals surface area (Å²) in [6.07, 6.45) is 1.29. The first-order chi connectivity index (χ1) is 9.99. The topological polar surface area (TPSA) is 65.2 Å². The first kappa shape index (κ1) is 15.4. The van der Waals surface area contributed by atoms with Crippen LogP contribution in [0.15, 0.2) is 30.8 Å². The maximum absolute atomic E-state index is 14.4. The van der Waals surface area contributed by atoms with Crippen LogP contribution in [0.2, 0.25) is 0 Å². The molecule has 1 aromatic heterocycles. The molecule has 2 rings (SSSR count). The van der Waals surface area contributed by atoms with Crippen LogP contribution in [0.25, 0.3) is 17.3 Å². The number of nitrogen functional groups attached to an aromatic ring is 1. The number of hydrogen-bond acceptors (Lipinski definition) is 4. The Kier molecular flexibility index (Phi) is 4.56. The summed E-state index contributed by atoms with van der Waals surface area (Å²) in [6.45, 7) is 3.53. The van der Waals surface area contributed by atoms with Gasteiger partial charge in [0.2, 0.25) is 0 Å². The molecule has 0 spiro atoms. The largest absolute Gasteiger partial charge is 0.464 e. The van der Waals surface area contributed by atoms with Crippen LogP contribution in [0, 0.1) is 9.39 Å². The number of aromatic nitrogens is 1. The number of carbonyl (C=O) groups excluding carboxylic acids is 1. The smallest absolute Gasteiger partial charge is 0.357 e. The molecular weight excluding hydrogens is 386 g/mol. The van der Waals surface area contributed by atoms with E-state index in [1.54, 1.807) is 12.1 Å². The number of nitrogens with two attached hydrogens (primary N) is 1. The van der Waals surface area contributed by atoms with E-state index in [1.807, 2.05) is 12.1 Å². The highest BCUT2D eigenvalue weighted by atomic mass is 127. The lowest BCUT2D eigenvalue weighted by atomic mass is 10.1. The first-order valence-electron chi connectivity index (χ1n) is 5.95. The summed E-state index contributed by atoms with van der Waals surface area (Å²) >= 11 is 2.14. The SMILES string of the molecule is C=Cc1c(C(=O)OC)nc(-c2ccc(I)cc2)c(F)c1N. The summed E-state index contributed by atoms with van der Waals surface area (Å²) in [7, 11) is 1.22. The predicted molar refractivity (Wildman–Crippen MR) is 88.2 cm³/mol. The van der Waals surface area contributed by atoms with E-state index in [-0.39, 0.29) is 22.6 Å². The molecule has 108 valence electrons. The summed E-state index contributed by atoms with van der Waals surface area (Å²) < 4.78 is 20.0. The van der Waals surface area contributed by atoms with Gasteiger partial charge in [-0.25, -0.2) is 14.2 Å². The summed E-state index contributed by atoms with van der Waals surface area (Å²) in [5.41, 5.74) is 6.20. The summed E-state index contributed by atoms with van der Waals surface area (Å²) in [5, 5.41) is 0. The molecule has 0 bridgehead atoms. The molecule has 21 heavy (non-hydrogen) atoms. The molecule has 0 radical (unpaired) electrons. The number of methoxy groups -OCH3 is 1. The van der Waals surface area contributed by atoms with E-state index in [4.69, 9.17) is 5.73 Å². The van der Waals surface area contributed by atoms with Crippen molar-refractivity contribution in [2.24, 2.45) is 0 Å². The number of esters is 1. The van der Waals surface area contributed by atoms with Gasteiger partial charge in [-0.1, -0.05) is 24.8 Å². The standard InChI is InChI=1S/C15H12FIN2O2/c1-3-10-12(18)11(16)13(19-14(10)15(20)21-2)8-4-6-9(17)7-5-8/h3-7H,1H2,2H3,(H2,18,19). The van der Waals surface area contributed by atoms with Gasteiger partial charge in [-0.3, -0.25) is 0 Å². The molecule has 4 nitrogen and oxygen atoms in total. The lowest BCUT2D eigenvalue weighted by molar-refractivity contribution is 0.0594. The van der Waals surface area contributed by atoms with Crippen molar-refractivity contribution < 1.29 is 13.9 Å². The Hall–Kier alpha value is -1.96. The minimum absolute atomic E-state index is 0.00917. The van der Waals surface area contributed by atoms with Crippen LogP contribution in [0.1, 0.15) is 16.1 Å². The van der Waals surface area contributed by atoms with Gasteiger partial charge in [0.15, 0.2) is 11.5 Å². The second-order valence-electron chi connectivity index (χ2n) is 4.15. The Morgan fingerprint density at radius 2 is 2.05 bits per heavy atom. The molecule has 0 amide bonds. The molecule has 0 saturated carbocycles. The zero-order valence-electron chi connectivity index (χ0n) is 11.2. The fourth-order valence-electron chi connectivity index (χ4n) is 1.85. The second-order valence-corrected chi connectivity index (χ2v) is 5.40. The van der Waals surface area contributed by atoms with Crippen molar-refractivity contribution in [3.8, 4) is 11.3 Å². The van der Waals surface area contributed by atoms with Gasteiger partial charge in [0.1, 0.15) is 5.69 Å². The van der Waals surface area contributed by atoms with E-state index in [1.165, 1.54) is 13.2 Å². The number of rotatable bonds is 3. The van der Waals surface area contributed by atoms with E-state index < -0.39 is 11.8 Å². The van der Waals surface area contributed by atoms with Crippen molar-refractivity contribution in [2.75, 3.05) is 12.8 Å². The van der Waals surface area contributed by atoms with Crippen LogP contribution in [0.4, 0.5) is 10.1 Å². The molecule has 1 aromatic carbocycles. The van der Waals surface area contributed by atoms with Gasteiger partial charge in [0.25, 0.3) is 0 Å². The molecule has 2 aromatic rings. The predicted octanol–water partition coefficient (Wildman–Crippen LogP) is 3.50. The van der Waals surface area contributed by atoms with E-state index in [0.29, 0.717) is 5.56 Å². The first-order valence-corrected chi connectivity index (χ1v) is 7.03. The number of ether oxygens (including phenoxy) is 1. The lowest BCUT2D eigenvalue weighted by Gasteiger charge is -2.12. The third-order valence-corrected chi connectivity index (χ3v) is 3.63. The van der Waals surface area contributed by atoms with Gasteiger partial charge >= 0.3 is 5.97 Å². The molecule has 1 heterocycles. The Labute approximate surface area is 135 Å². The summed E-state index contributed by atoms with van der Waals surface area (Å²) in [4.78, 5) is 15.9. The van der Waals surface area contributed by atoms with Gasteiger partial charge in [0, 0.05) is 14.7 Å². The Morgan fingerprint density at radius 3 is 2.57 bits per heavy atom. The Morgan fingerprint density at radius 1 is 1.43 bits per heavy atom. The maximum atomic E-state index is 14.4. The van der Waals surface area contributed by atoms with Crippen LogP contribution in [0.3, 0.4) is 0 Å². The fraction of sp³-hybridized carbons (Fsp3) is 0.0667. The zero-order valence-corrected chi connectivity index (χ0v) is 13.3. The maximum Gasteiger partial charge on any atom is 0.357 e. The quantitative estimate of drug-likeness (QED) is 0.635. The highest BCUT2D eigenvalue weighted by Crippen LogP contribution is 2.30. The molecule has 0 atom stereocenters. The van der Waals surface area contributed by atoms with Crippen molar-refractivity contribution in [2.45, 2.75) is 0 Å². The normalized spacial score (nSPS) is 10.2. The number of pyridine rings is 1. The Bertz CT molecular complexity index is 715. The van der Waals surface area contributed by atoms with Crippen molar-refractivity contribution in [1.29, 1.82) is 0 Å². The fourth-order valence-corrected chi connectivity index (χ4v) is 2.21. The molecular formula is C15H12FIN2O2. The molecule has 0 saturated heterocycles. The van der Waals surface area contributed by atoms with Gasteiger partial charge < -0.3 is 10.5 Å². The second kappa shape index (κ2) is 6.21. The number of hydrogen-bond donors (Lipinski definition) is 1. The van der Waals surface area contributed by atoms with Crippen LogP contribution in [0.5, 0.6) is 0 Å². The molecule has 0 fully saturated rings. The number of halogens is 2. The summed E-state index contributed by atoms with van der Waals surface area (Å²) in [5.74, 6) is -1.37. The van der Waals surface area contributed by atoms with Crippen LogP contribution < -0.4 is 5.73 Å². The summed E-state index contributed by atoms with van der Waals surface area (Å²) in [6, 6.07) is 7.04. The third kappa shape index (κ3) is 2.90. The van der Waals surface area contributed by atoms with Crippen molar-refractivity contribution in [1.82, 2.24) is 4.98 Å². The Balaban J connectivity index is 2.72. The highest BCUT2D eigenvalue weighted by Gasteiger charge is 2.22. The van der Waals surface area contributed by atoms with Crippen molar-refractivity contribution in [3.05, 3.63) is 51.5 Å². The third-order valence-electron chi connectivity index (χ3n) is 2.91.